The number of aromatic hydroxyl groups is 1. The summed E-state index contributed by atoms with van der Waals surface area (Å²) in [5, 5.41) is 10.4. The van der Waals surface area contributed by atoms with E-state index in [0.29, 0.717) is 17.9 Å². The van der Waals surface area contributed by atoms with Crippen molar-refractivity contribution in [3.8, 4) is 11.5 Å². The van der Waals surface area contributed by atoms with Crippen LogP contribution in [0.15, 0.2) is 73.7 Å². The third-order valence-corrected chi connectivity index (χ3v) is 5.92. The number of nitrogens with zero attached hydrogens (tertiary/aromatic N) is 1. The molecule has 0 amide bonds. The number of rotatable bonds is 3. The highest BCUT2D eigenvalue weighted by Gasteiger charge is 2.26. The van der Waals surface area contributed by atoms with Gasteiger partial charge in [-0.2, -0.15) is 0 Å². The van der Waals surface area contributed by atoms with E-state index in [1.54, 1.807) is 25.8 Å². The maximum atomic E-state index is 12.5. The van der Waals surface area contributed by atoms with Crippen molar-refractivity contribution in [2.24, 2.45) is 4.99 Å². The van der Waals surface area contributed by atoms with Gasteiger partial charge < -0.3 is 14.3 Å². The van der Waals surface area contributed by atoms with Gasteiger partial charge in [-0.3, -0.25) is 4.99 Å². The molecule has 6 heteroatoms. The number of para-hydroxylation sites is 1. The van der Waals surface area contributed by atoms with E-state index in [0.717, 1.165) is 21.9 Å². The molecular weight excluding hydrogens is 374 g/mol. The van der Waals surface area contributed by atoms with Crippen LogP contribution < -0.4 is 10.4 Å². The minimum Gasteiger partial charge on any atom is -0.507 e. The lowest BCUT2D eigenvalue weighted by Crippen LogP contribution is -2.16. The number of hydrogen-bond acceptors (Lipinski definition) is 6. The van der Waals surface area contributed by atoms with Gasteiger partial charge in [0, 0.05) is 22.6 Å². The molecule has 0 radical (unpaired) electrons. The standard InChI is InChI=1S/C22H19NO4S/c1-13-11-18(24)21(22(25)27-13)17-12-20(14-7-9-15(26-2)10-8-14)28-19-6-4-3-5-16(19)23-17/h3-11,20,24H,12H2,1-2H3. The van der Waals surface area contributed by atoms with Gasteiger partial charge in [0.25, 0.3) is 0 Å². The molecule has 2 aromatic carbocycles. The van der Waals surface area contributed by atoms with Crippen molar-refractivity contribution >= 4 is 23.2 Å². The van der Waals surface area contributed by atoms with Crippen molar-refractivity contribution in [2.75, 3.05) is 7.11 Å². The van der Waals surface area contributed by atoms with Crippen LogP contribution in [0.1, 0.15) is 28.6 Å². The molecule has 4 rings (SSSR count). The van der Waals surface area contributed by atoms with E-state index >= 15 is 0 Å². The summed E-state index contributed by atoms with van der Waals surface area (Å²) in [4.78, 5) is 18.2. The molecule has 1 unspecified atom stereocenters. The molecule has 2 heterocycles. The Kier molecular flexibility index (Phi) is 4.96. The van der Waals surface area contributed by atoms with Gasteiger partial charge in [-0.15, -0.1) is 11.8 Å². The molecule has 0 aliphatic carbocycles. The second-order valence-electron chi connectivity index (χ2n) is 6.51. The molecule has 1 aliphatic rings. The van der Waals surface area contributed by atoms with Gasteiger partial charge in [0.2, 0.25) is 0 Å². The molecule has 1 N–H and O–H groups in total. The number of benzene rings is 2. The highest BCUT2D eigenvalue weighted by Crippen LogP contribution is 2.46. The van der Waals surface area contributed by atoms with E-state index in [2.05, 4.69) is 0 Å². The van der Waals surface area contributed by atoms with Gasteiger partial charge in [-0.1, -0.05) is 24.3 Å². The number of aliphatic imine (C=N–C) groups is 1. The summed E-state index contributed by atoms with van der Waals surface area (Å²) in [5.74, 6) is 1.04. The minimum atomic E-state index is -0.575. The van der Waals surface area contributed by atoms with Gasteiger partial charge in [-0.05, 0) is 36.8 Å². The van der Waals surface area contributed by atoms with Crippen molar-refractivity contribution < 1.29 is 14.3 Å². The largest absolute Gasteiger partial charge is 0.507 e. The molecule has 3 aromatic rings. The highest BCUT2D eigenvalue weighted by molar-refractivity contribution is 7.99. The first kappa shape index (κ1) is 18.4. The summed E-state index contributed by atoms with van der Waals surface area (Å²) in [6, 6.07) is 17.1. The predicted octanol–water partition coefficient (Wildman–Crippen LogP) is 5.02. The quantitative estimate of drug-likeness (QED) is 0.676. The Bertz CT molecular complexity index is 1100. The summed E-state index contributed by atoms with van der Waals surface area (Å²) >= 11 is 1.69. The molecule has 0 saturated heterocycles. The molecule has 0 saturated carbocycles. The minimum absolute atomic E-state index is 0.0217. The van der Waals surface area contributed by atoms with E-state index in [1.807, 2.05) is 48.5 Å². The number of hydrogen-bond donors (Lipinski definition) is 1. The molecule has 0 spiro atoms. The average molecular weight is 393 g/mol. The van der Waals surface area contributed by atoms with Gasteiger partial charge >= 0.3 is 5.63 Å². The third kappa shape index (κ3) is 3.55. The molecule has 142 valence electrons. The summed E-state index contributed by atoms with van der Waals surface area (Å²) in [7, 11) is 1.63. The summed E-state index contributed by atoms with van der Waals surface area (Å²) in [6.07, 6.45) is 0.479. The van der Waals surface area contributed by atoms with Crippen LogP contribution in [0.4, 0.5) is 5.69 Å². The predicted molar refractivity (Wildman–Crippen MR) is 110 cm³/mol. The number of fused-ring (bicyclic) bond motifs is 1. The second-order valence-corrected chi connectivity index (χ2v) is 7.76. The third-order valence-electron chi connectivity index (χ3n) is 4.60. The van der Waals surface area contributed by atoms with Crippen LogP contribution >= 0.6 is 11.8 Å². The zero-order valence-electron chi connectivity index (χ0n) is 15.5. The Morgan fingerprint density at radius 3 is 2.64 bits per heavy atom. The number of methoxy groups -OCH3 is 1. The monoisotopic (exact) mass is 393 g/mol. The van der Waals surface area contributed by atoms with E-state index in [9.17, 15) is 9.90 Å². The van der Waals surface area contributed by atoms with Crippen LogP contribution in [0, 0.1) is 6.92 Å². The lowest BCUT2D eigenvalue weighted by atomic mass is 10.0. The molecule has 5 nitrogen and oxygen atoms in total. The smallest absolute Gasteiger partial charge is 0.348 e. The number of thioether (sulfide) groups is 1. The van der Waals surface area contributed by atoms with E-state index in [4.69, 9.17) is 14.1 Å². The fourth-order valence-corrected chi connectivity index (χ4v) is 4.47. The van der Waals surface area contributed by atoms with Gasteiger partial charge in [-0.25, -0.2) is 4.79 Å². The van der Waals surface area contributed by atoms with Crippen molar-refractivity contribution in [1.82, 2.24) is 0 Å². The van der Waals surface area contributed by atoms with E-state index in [1.165, 1.54) is 6.07 Å². The van der Waals surface area contributed by atoms with Gasteiger partial charge in [0.1, 0.15) is 22.8 Å². The average Bonchev–Trinajstić information content (AvgIpc) is 2.87. The molecule has 1 atom stereocenters. The molecular formula is C22H19NO4S. The van der Waals surface area contributed by atoms with Crippen molar-refractivity contribution in [3.63, 3.8) is 0 Å². The Morgan fingerprint density at radius 1 is 1.18 bits per heavy atom. The lowest BCUT2D eigenvalue weighted by molar-refractivity contribution is 0.414. The van der Waals surface area contributed by atoms with Crippen LogP contribution in [-0.2, 0) is 0 Å². The fourth-order valence-electron chi connectivity index (χ4n) is 3.23. The lowest BCUT2D eigenvalue weighted by Gasteiger charge is -2.16. The first-order chi connectivity index (χ1) is 13.5. The van der Waals surface area contributed by atoms with Crippen molar-refractivity contribution in [2.45, 2.75) is 23.5 Å². The second kappa shape index (κ2) is 7.56. The van der Waals surface area contributed by atoms with Crippen LogP contribution in [0.3, 0.4) is 0 Å². The van der Waals surface area contributed by atoms with E-state index in [-0.39, 0.29) is 16.6 Å². The zero-order valence-corrected chi connectivity index (χ0v) is 16.3. The van der Waals surface area contributed by atoms with Crippen LogP contribution in [0.25, 0.3) is 0 Å². The van der Waals surface area contributed by atoms with Crippen LogP contribution in [0.5, 0.6) is 11.5 Å². The first-order valence-electron chi connectivity index (χ1n) is 8.86. The van der Waals surface area contributed by atoms with E-state index < -0.39 is 5.63 Å². The highest BCUT2D eigenvalue weighted by atomic mass is 32.2. The fraction of sp³-hybridized carbons (Fsp3) is 0.182. The first-order valence-corrected chi connectivity index (χ1v) is 9.74. The maximum Gasteiger partial charge on any atom is 0.348 e. The topological polar surface area (TPSA) is 72.0 Å². The van der Waals surface area contributed by atoms with Crippen LogP contribution in [0.2, 0.25) is 0 Å². The van der Waals surface area contributed by atoms with Crippen LogP contribution in [-0.4, -0.2) is 17.9 Å². The SMILES string of the molecule is COc1ccc(C2CC(c3c(O)cc(C)oc3=O)=Nc3ccccc3S2)cc1. The maximum absolute atomic E-state index is 12.5. The Morgan fingerprint density at radius 2 is 1.93 bits per heavy atom. The Balaban J connectivity index is 1.83. The molecule has 28 heavy (non-hydrogen) atoms. The Labute approximate surface area is 166 Å². The summed E-state index contributed by atoms with van der Waals surface area (Å²) in [5.41, 5.74) is 1.93. The van der Waals surface area contributed by atoms with Crippen molar-refractivity contribution in [3.05, 3.63) is 81.9 Å². The molecule has 0 fully saturated rings. The summed E-state index contributed by atoms with van der Waals surface area (Å²) < 4.78 is 10.5. The summed E-state index contributed by atoms with van der Waals surface area (Å²) in [6.45, 7) is 1.63. The number of aryl methyl sites for hydroxylation is 1. The Hall–Kier alpha value is -2.99. The van der Waals surface area contributed by atoms with Gasteiger partial charge in [0.05, 0.1) is 18.5 Å². The normalized spacial score (nSPS) is 16.1. The number of ether oxygens (including phenoxy) is 1. The van der Waals surface area contributed by atoms with Crippen molar-refractivity contribution in [1.29, 1.82) is 0 Å². The molecule has 1 aromatic heterocycles. The molecule has 0 bridgehead atoms. The zero-order chi connectivity index (χ0) is 19.7. The molecule has 1 aliphatic heterocycles. The van der Waals surface area contributed by atoms with Gasteiger partial charge in [0.15, 0.2) is 0 Å².